The third-order valence-electron chi connectivity index (χ3n) is 2.29. The fraction of sp³-hybridized carbons (Fsp3) is 0.462. The average Bonchev–Trinajstić information content (AvgIpc) is 2.36. The minimum absolute atomic E-state index is 0.106. The number of amides is 1. The van der Waals surface area contributed by atoms with Crippen LogP contribution in [-0.4, -0.2) is 25.3 Å². The van der Waals surface area contributed by atoms with Crippen molar-refractivity contribution in [2.75, 3.05) is 19.4 Å². The first kappa shape index (κ1) is 15.4. The SMILES string of the molecule is CCCNC(=O)CSCc1ccc(OC)c(Br)c1. The van der Waals surface area contributed by atoms with Gasteiger partial charge in [-0.25, -0.2) is 0 Å². The maximum atomic E-state index is 11.4. The number of carbonyl (C=O) groups excluding carboxylic acids is 1. The predicted octanol–water partition coefficient (Wildman–Crippen LogP) is 3.22. The van der Waals surface area contributed by atoms with Crippen LogP contribution < -0.4 is 10.1 Å². The molecular formula is C13H18BrNO2S. The molecule has 0 aromatic heterocycles. The quantitative estimate of drug-likeness (QED) is 0.833. The van der Waals surface area contributed by atoms with E-state index in [0.717, 1.165) is 28.9 Å². The number of thioether (sulfide) groups is 1. The zero-order chi connectivity index (χ0) is 13.4. The number of hydrogen-bond acceptors (Lipinski definition) is 3. The van der Waals surface area contributed by atoms with E-state index in [1.807, 2.05) is 25.1 Å². The smallest absolute Gasteiger partial charge is 0.230 e. The molecule has 3 nitrogen and oxygen atoms in total. The molecule has 0 fully saturated rings. The Balaban J connectivity index is 2.35. The Kier molecular flexibility index (Phi) is 7.20. The van der Waals surface area contributed by atoms with Crippen LogP contribution >= 0.6 is 27.7 Å². The number of hydrogen-bond donors (Lipinski definition) is 1. The van der Waals surface area contributed by atoms with Crippen LogP contribution in [0.4, 0.5) is 0 Å². The van der Waals surface area contributed by atoms with Gasteiger partial charge in [0.2, 0.25) is 5.91 Å². The summed E-state index contributed by atoms with van der Waals surface area (Å²) in [5, 5.41) is 2.86. The lowest BCUT2D eigenvalue weighted by Gasteiger charge is -2.06. The monoisotopic (exact) mass is 331 g/mol. The minimum Gasteiger partial charge on any atom is -0.496 e. The number of ether oxygens (including phenoxy) is 1. The van der Waals surface area contributed by atoms with Crippen molar-refractivity contribution in [3.05, 3.63) is 28.2 Å². The number of halogens is 1. The van der Waals surface area contributed by atoms with Crippen molar-refractivity contribution in [2.45, 2.75) is 19.1 Å². The summed E-state index contributed by atoms with van der Waals surface area (Å²) in [5.74, 6) is 2.25. The Labute approximate surface area is 121 Å². The Morgan fingerprint density at radius 3 is 2.89 bits per heavy atom. The molecule has 0 bridgehead atoms. The summed E-state index contributed by atoms with van der Waals surface area (Å²) in [6.45, 7) is 2.80. The highest BCUT2D eigenvalue weighted by Gasteiger charge is 2.03. The van der Waals surface area contributed by atoms with Gasteiger partial charge in [0.05, 0.1) is 17.3 Å². The van der Waals surface area contributed by atoms with Crippen molar-refractivity contribution >= 4 is 33.6 Å². The third-order valence-corrected chi connectivity index (χ3v) is 3.91. The molecule has 1 N–H and O–H groups in total. The fourth-order valence-corrected chi connectivity index (χ4v) is 2.77. The summed E-state index contributed by atoms with van der Waals surface area (Å²) in [4.78, 5) is 11.4. The highest BCUT2D eigenvalue weighted by Crippen LogP contribution is 2.27. The molecule has 0 heterocycles. The predicted molar refractivity (Wildman–Crippen MR) is 80.2 cm³/mol. The molecule has 1 rings (SSSR count). The van der Waals surface area contributed by atoms with Crippen LogP contribution in [0.15, 0.2) is 22.7 Å². The molecule has 18 heavy (non-hydrogen) atoms. The number of nitrogens with one attached hydrogen (secondary N) is 1. The van der Waals surface area contributed by atoms with E-state index in [2.05, 4.69) is 21.2 Å². The van der Waals surface area contributed by atoms with E-state index in [4.69, 9.17) is 4.74 Å². The van der Waals surface area contributed by atoms with Gasteiger partial charge in [0.25, 0.3) is 0 Å². The Morgan fingerprint density at radius 2 is 2.28 bits per heavy atom. The van der Waals surface area contributed by atoms with Crippen molar-refractivity contribution in [3.8, 4) is 5.75 Å². The number of rotatable bonds is 7. The second-order valence-corrected chi connectivity index (χ2v) is 5.65. The summed E-state index contributed by atoms with van der Waals surface area (Å²) in [7, 11) is 1.65. The largest absolute Gasteiger partial charge is 0.496 e. The molecule has 100 valence electrons. The van der Waals surface area contributed by atoms with Gasteiger partial charge in [-0.05, 0) is 40.0 Å². The van der Waals surface area contributed by atoms with Crippen LogP contribution in [0, 0.1) is 0 Å². The maximum absolute atomic E-state index is 11.4. The highest BCUT2D eigenvalue weighted by atomic mass is 79.9. The van der Waals surface area contributed by atoms with Gasteiger partial charge in [-0.2, -0.15) is 0 Å². The first-order chi connectivity index (χ1) is 8.67. The molecule has 1 aromatic carbocycles. The molecule has 0 spiro atoms. The first-order valence-corrected chi connectivity index (χ1v) is 7.79. The average molecular weight is 332 g/mol. The lowest BCUT2D eigenvalue weighted by molar-refractivity contribution is -0.118. The lowest BCUT2D eigenvalue weighted by Crippen LogP contribution is -2.25. The molecule has 0 aliphatic rings. The van der Waals surface area contributed by atoms with Crippen LogP contribution in [0.25, 0.3) is 0 Å². The number of carbonyl (C=O) groups is 1. The van der Waals surface area contributed by atoms with Gasteiger partial charge >= 0.3 is 0 Å². The van der Waals surface area contributed by atoms with E-state index in [1.54, 1.807) is 18.9 Å². The van der Waals surface area contributed by atoms with E-state index >= 15 is 0 Å². The fourth-order valence-electron chi connectivity index (χ4n) is 1.38. The van der Waals surface area contributed by atoms with Gasteiger partial charge in [-0.3, -0.25) is 4.79 Å². The van der Waals surface area contributed by atoms with Crippen molar-refractivity contribution < 1.29 is 9.53 Å². The van der Waals surface area contributed by atoms with E-state index in [9.17, 15) is 4.79 Å². The molecule has 0 saturated carbocycles. The van der Waals surface area contributed by atoms with Crippen LogP contribution in [0.1, 0.15) is 18.9 Å². The van der Waals surface area contributed by atoms with E-state index in [1.165, 1.54) is 5.56 Å². The zero-order valence-electron chi connectivity index (χ0n) is 10.7. The molecular weight excluding hydrogens is 314 g/mol. The lowest BCUT2D eigenvalue weighted by atomic mass is 10.2. The van der Waals surface area contributed by atoms with E-state index < -0.39 is 0 Å². The minimum atomic E-state index is 0.106. The van der Waals surface area contributed by atoms with Crippen LogP contribution in [0.5, 0.6) is 5.75 Å². The van der Waals surface area contributed by atoms with Crippen LogP contribution in [-0.2, 0) is 10.5 Å². The van der Waals surface area contributed by atoms with Crippen molar-refractivity contribution in [1.29, 1.82) is 0 Å². The topological polar surface area (TPSA) is 38.3 Å². The highest BCUT2D eigenvalue weighted by molar-refractivity contribution is 9.10. The number of benzene rings is 1. The van der Waals surface area contributed by atoms with Gasteiger partial charge in [0.1, 0.15) is 5.75 Å². The van der Waals surface area contributed by atoms with Crippen LogP contribution in [0.2, 0.25) is 0 Å². The summed E-state index contributed by atoms with van der Waals surface area (Å²) in [6.07, 6.45) is 0.974. The van der Waals surface area contributed by atoms with Crippen molar-refractivity contribution in [2.24, 2.45) is 0 Å². The maximum Gasteiger partial charge on any atom is 0.230 e. The molecule has 0 aliphatic carbocycles. The molecule has 0 saturated heterocycles. The van der Waals surface area contributed by atoms with Gasteiger partial charge in [-0.1, -0.05) is 13.0 Å². The summed E-state index contributed by atoms with van der Waals surface area (Å²) in [6, 6.07) is 5.97. The first-order valence-electron chi connectivity index (χ1n) is 5.84. The Hall–Kier alpha value is -0.680. The van der Waals surface area contributed by atoms with Gasteiger partial charge in [-0.15, -0.1) is 11.8 Å². The molecule has 0 atom stereocenters. The summed E-state index contributed by atoms with van der Waals surface area (Å²) in [5.41, 5.74) is 1.18. The molecule has 0 aliphatic heterocycles. The number of methoxy groups -OCH3 is 1. The van der Waals surface area contributed by atoms with Crippen molar-refractivity contribution in [1.82, 2.24) is 5.32 Å². The van der Waals surface area contributed by atoms with Crippen LogP contribution in [0.3, 0.4) is 0 Å². The molecule has 0 radical (unpaired) electrons. The normalized spacial score (nSPS) is 10.2. The molecule has 1 amide bonds. The second kappa shape index (κ2) is 8.43. The summed E-state index contributed by atoms with van der Waals surface area (Å²) >= 11 is 5.06. The standard InChI is InChI=1S/C13H18BrNO2S/c1-3-6-15-13(16)9-18-8-10-4-5-12(17-2)11(14)7-10/h4-5,7H,3,6,8-9H2,1-2H3,(H,15,16). The van der Waals surface area contributed by atoms with E-state index in [0.29, 0.717) is 5.75 Å². The van der Waals surface area contributed by atoms with Gasteiger partial charge < -0.3 is 10.1 Å². The molecule has 5 heteroatoms. The van der Waals surface area contributed by atoms with Gasteiger partial charge in [0, 0.05) is 12.3 Å². The Morgan fingerprint density at radius 1 is 1.50 bits per heavy atom. The molecule has 1 aromatic rings. The van der Waals surface area contributed by atoms with Gasteiger partial charge in [0.15, 0.2) is 0 Å². The summed E-state index contributed by atoms with van der Waals surface area (Å²) < 4.78 is 6.11. The molecule has 0 unspecified atom stereocenters. The van der Waals surface area contributed by atoms with Crippen molar-refractivity contribution in [3.63, 3.8) is 0 Å². The van der Waals surface area contributed by atoms with E-state index in [-0.39, 0.29) is 5.91 Å². The second-order valence-electron chi connectivity index (χ2n) is 3.81. The third kappa shape index (κ3) is 5.31. The Bertz CT molecular complexity index is 399. The zero-order valence-corrected chi connectivity index (χ0v) is 13.1.